The quantitative estimate of drug-likeness (QED) is 0.900. The molecule has 0 fully saturated rings. The lowest BCUT2D eigenvalue weighted by atomic mass is 9.79. The maximum absolute atomic E-state index is 12.9. The van der Waals surface area contributed by atoms with Crippen molar-refractivity contribution in [3.05, 3.63) is 57.7 Å². The van der Waals surface area contributed by atoms with Crippen LogP contribution >= 0.6 is 11.3 Å². The van der Waals surface area contributed by atoms with Gasteiger partial charge in [-0.05, 0) is 36.1 Å². The molecule has 1 heterocycles. The van der Waals surface area contributed by atoms with Gasteiger partial charge in [0.05, 0.1) is 5.56 Å². The molecule has 3 N–H and O–H groups in total. The topological polar surface area (TPSA) is 55.1 Å². The van der Waals surface area contributed by atoms with Gasteiger partial charge in [-0.25, -0.2) is 4.39 Å². The van der Waals surface area contributed by atoms with Crippen LogP contribution in [0.25, 0.3) is 5.57 Å². The maximum Gasteiger partial charge on any atom is 0.252 e. The van der Waals surface area contributed by atoms with Crippen LogP contribution in [0.3, 0.4) is 0 Å². The van der Waals surface area contributed by atoms with Crippen LogP contribution in [0.1, 0.15) is 45.1 Å². The molecule has 0 aliphatic heterocycles. The van der Waals surface area contributed by atoms with Crippen LogP contribution in [-0.2, 0) is 6.54 Å². The van der Waals surface area contributed by atoms with Crippen molar-refractivity contribution in [1.29, 1.82) is 0 Å². The Kier molecular flexibility index (Phi) is 3.04. The molecule has 0 bridgehead atoms. The molecule has 1 aromatic carbocycles. The Balaban J connectivity index is 1.62. The normalized spacial score (nSPS) is 18.2. The van der Waals surface area contributed by atoms with Gasteiger partial charge in [0.1, 0.15) is 10.8 Å². The number of allylic oxidation sites excluding steroid dienone is 2. The van der Waals surface area contributed by atoms with Crippen molar-refractivity contribution in [2.45, 2.75) is 25.3 Å². The number of anilines is 1. The van der Waals surface area contributed by atoms with Crippen LogP contribution in [0.2, 0.25) is 0 Å². The van der Waals surface area contributed by atoms with Gasteiger partial charge in [-0.3, -0.25) is 4.79 Å². The number of rotatable bonds is 4. The van der Waals surface area contributed by atoms with Gasteiger partial charge < -0.3 is 11.1 Å². The fourth-order valence-electron chi connectivity index (χ4n) is 3.30. The van der Waals surface area contributed by atoms with Gasteiger partial charge in [0.15, 0.2) is 0 Å². The number of nitrogens with two attached hydrogens (primary N) is 1. The van der Waals surface area contributed by atoms with E-state index in [0.29, 0.717) is 18.0 Å². The van der Waals surface area contributed by atoms with E-state index in [9.17, 15) is 9.18 Å². The van der Waals surface area contributed by atoms with E-state index >= 15 is 0 Å². The minimum Gasteiger partial charge on any atom is -0.372 e. The lowest BCUT2D eigenvalue weighted by Gasteiger charge is -2.26. The molecule has 2 aliphatic carbocycles. The second-order valence-corrected chi connectivity index (χ2v) is 6.73. The van der Waals surface area contributed by atoms with Gasteiger partial charge in [0, 0.05) is 22.9 Å². The zero-order valence-electron chi connectivity index (χ0n) is 11.9. The summed E-state index contributed by atoms with van der Waals surface area (Å²) in [7, 11) is 0. The minimum absolute atomic E-state index is 0.250. The molecule has 112 valence electrons. The van der Waals surface area contributed by atoms with Crippen LogP contribution in [-0.4, -0.2) is 5.91 Å². The van der Waals surface area contributed by atoms with Crippen molar-refractivity contribution in [3.63, 3.8) is 0 Å². The molecule has 2 aliphatic rings. The van der Waals surface area contributed by atoms with Crippen molar-refractivity contribution in [2.75, 3.05) is 5.32 Å². The van der Waals surface area contributed by atoms with Gasteiger partial charge in [-0.2, -0.15) is 0 Å². The number of halogens is 1. The van der Waals surface area contributed by atoms with Crippen molar-refractivity contribution in [1.82, 2.24) is 0 Å². The monoisotopic (exact) mass is 314 g/mol. The smallest absolute Gasteiger partial charge is 0.252 e. The van der Waals surface area contributed by atoms with Crippen molar-refractivity contribution >= 4 is 27.8 Å². The highest BCUT2D eigenvalue weighted by Crippen LogP contribution is 2.59. The Labute approximate surface area is 131 Å². The molecule has 3 nitrogen and oxygen atoms in total. The van der Waals surface area contributed by atoms with E-state index in [2.05, 4.69) is 11.4 Å². The van der Waals surface area contributed by atoms with E-state index < -0.39 is 0 Å². The van der Waals surface area contributed by atoms with Crippen LogP contribution in [0, 0.1) is 5.82 Å². The number of hydrogen-bond donors (Lipinski definition) is 2. The third kappa shape index (κ3) is 1.96. The fraction of sp³-hybridized carbons (Fsp3) is 0.235. The zero-order valence-corrected chi connectivity index (χ0v) is 12.7. The molecule has 2 aromatic rings. The SMILES string of the molecule is NC(=O)c1c(NCc2ccc(F)cc2)sc2c1C1=CCCC12. The molecule has 0 spiro atoms. The maximum atomic E-state index is 12.9. The number of carbonyl (C=O) groups is 1. The van der Waals surface area contributed by atoms with E-state index in [0.717, 1.165) is 29.0 Å². The molecule has 0 saturated carbocycles. The number of hydrogen-bond acceptors (Lipinski definition) is 3. The highest BCUT2D eigenvalue weighted by Gasteiger charge is 2.41. The van der Waals surface area contributed by atoms with Crippen molar-refractivity contribution in [2.24, 2.45) is 5.73 Å². The van der Waals surface area contributed by atoms with Gasteiger partial charge in [-0.15, -0.1) is 11.3 Å². The first kappa shape index (κ1) is 13.5. The Bertz CT molecular complexity index is 792. The summed E-state index contributed by atoms with van der Waals surface area (Å²) in [6, 6.07) is 6.34. The molecule has 0 radical (unpaired) electrons. The van der Waals surface area contributed by atoms with Gasteiger partial charge in [0.2, 0.25) is 0 Å². The highest BCUT2D eigenvalue weighted by atomic mass is 32.1. The number of thiophene rings is 1. The lowest BCUT2D eigenvalue weighted by molar-refractivity contribution is 0.100. The summed E-state index contributed by atoms with van der Waals surface area (Å²) in [5.74, 6) is -0.134. The Morgan fingerprint density at radius 2 is 2.14 bits per heavy atom. The molecular weight excluding hydrogens is 299 g/mol. The summed E-state index contributed by atoms with van der Waals surface area (Å²) in [6.45, 7) is 0.545. The van der Waals surface area contributed by atoms with Crippen LogP contribution in [0.15, 0.2) is 30.3 Å². The molecule has 22 heavy (non-hydrogen) atoms. The second kappa shape index (κ2) is 4.95. The minimum atomic E-state index is -0.384. The van der Waals surface area contributed by atoms with E-state index in [1.54, 1.807) is 23.5 Å². The van der Waals surface area contributed by atoms with E-state index in [4.69, 9.17) is 5.73 Å². The number of fused-ring (bicyclic) bond motifs is 4. The molecule has 5 heteroatoms. The first-order chi connectivity index (χ1) is 10.6. The first-order valence-corrected chi connectivity index (χ1v) is 8.12. The number of carbonyl (C=O) groups excluding carboxylic acids is 1. The molecule has 0 saturated heterocycles. The molecule has 1 aromatic heterocycles. The van der Waals surface area contributed by atoms with Gasteiger partial charge in [-0.1, -0.05) is 18.2 Å². The van der Waals surface area contributed by atoms with Crippen molar-refractivity contribution < 1.29 is 9.18 Å². The molecule has 1 atom stereocenters. The fourth-order valence-corrected chi connectivity index (χ4v) is 4.68. The largest absolute Gasteiger partial charge is 0.372 e. The van der Waals surface area contributed by atoms with Gasteiger partial charge in [0.25, 0.3) is 5.91 Å². The summed E-state index contributed by atoms with van der Waals surface area (Å²) < 4.78 is 12.9. The number of benzene rings is 1. The van der Waals surface area contributed by atoms with E-state index in [1.807, 2.05) is 0 Å². The number of nitrogens with one attached hydrogen (secondary N) is 1. The summed E-state index contributed by atoms with van der Waals surface area (Å²) in [6.07, 6.45) is 4.44. The average molecular weight is 314 g/mol. The first-order valence-electron chi connectivity index (χ1n) is 7.30. The summed E-state index contributed by atoms with van der Waals surface area (Å²) >= 11 is 1.63. The average Bonchev–Trinajstić information content (AvgIpc) is 3.03. The number of primary amides is 1. The highest BCUT2D eigenvalue weighted by molar-refractivity contribution is 7.17. The molecule has 1 unspecified atom stereocenters. The predicted octanol–water partition coefficient (Wildman–Crippen LogP) is 3.87. The van der Waals surface area contributed by atoms with Crippen LogP contribution < -0.4 is 11.1 Å². The Morgan fingerprint density at radius 1 is 1.36 bits per heavy atom. The number of amides is 1. The standard InChI is InChI=1S/C17H15FN2OS/c18-10-6-4-9(5-7-10)8-20-17-14(16(19)21)13-11-2-1-3-12(11)15(13)22-17/h2,4-7,12,20H,1,3,8H2,(H2,19,21). The Hall–Kier alpha value is -2.14. The lowest BCUT2D eigenvalue weighted by Crippen LogP contribution is -2.18. The zero-order chi connectivity index (χ0) is 15.3. The third-order valence-electron chi connectivity index (χ3n) is 4.35. The summed E-state index contributed by atoms with van der Waals surface area (Å²) in [4.78, 5) is 13.1. The Morgan fingerprint density at radius 3 is 2.86 bits per heavy atom. The summed E-state index contributed by atoms with van der Waals surface area (Å²) in [5.41, 5.74) is 9.51. The molecule has 1 amide bonds. The van der Waals surface area contributed by atoms with E-state index in [1.165, 1.54) is 22.6 Å². The van der Waals surface area contributed by atoms with Gasteiger partial charge >= 0.3 is 0 Å². The van der Waals surface area contributed by atoms with Crippen LogP contribution in [0.4, 0.5) is 9.39 Å². The van der Waals surface area contributed by atoms with Crippen molar-refractivity contribution in [3.8, 4) is 0 Å². The predicted molar refractivity (Wildman–Crippen MR) is 86.5 cm³/mol. The molecular formula is C17H15FN2OS. The summed E-state index contributed by atoms with van der Waals surface area (Å²) in [5, 5.41) is 4.12. The second-order valence-electron chi connectivity index (χ2n) is 5.68. The van der Waals surface area contributed by atoms with Crippen LogP contribution in [0.5, 0.6) is 0 Å². The van der Waals surface area contributed by atoms with E-state index in [-0.39, 0.29) is 11.7 Å². The third-order valence-corrected chi connectivity index (χ3v) is 5.61. The molecule has 4 rings (SSSR count).